The monoisotopic (exact) mass is 371 g/mol. The van der Waals surface area contributed by atoms with E-state index in [1.807, 2.05) is 63.2 Å². The number of amides is 1. The van der Waals surface area contributed by atoms with Crippen molar-refractivity contribution in [1.82, 2.24) is 5.32 Å². The number of ether oxygens (including phenoxy) is 3. The second-order valence-electron chi connectivity index (χ2n) is 6.41. The SMILES string of the molecule is CC[C@H](Oc1ccc(C)cc1)C(=O)N[C@H](CC)c1ccc(OC)c(OC)c1. The van der Waals surface area contributed by atoms with Crippen molar-refractivity contribution in [2.45, 2.75) is 45.8 Å². The maximum absolute atomic E-state index is 12.8. The summed E-state index contributed by atoms with van der Waals surface area (Å²) in [6, 6.07) is 13.3. The lowest BCUT2D eigenvalue weighted by Crippen LogP contribution is -2.39. The van der Waals surface area contributed by atoms with Crippen molar-refractivity contribution in [3.8, 4) is 17.2 Å². The van der Waals surface area contributed by atoms with E-state index in [1.165, 1.54) is 0 Å². The van der Waals surface area contributed by atoms with Gasteiger partial charge in [-0.05, 0) is 49.6 Å². The molecule has 0 spiro atoms. The van der Waals surface area contributed by atoms with Crippen molar-refractivity contribution in [2.75, 3.05) is 14.2 Å². The Labute approximate surface area is 161 Å². The van der Waals surface area contributed by atoms with E-state index >= 15 is 0 Å². The van der Waals surface area contributed by atoms with Crippen LogP contribution >= 0.6 is 0 Å². The van der Waals surface area contributed by atoms with E-state index in [9.17, 15) is 4.79 Å². The Kier molecular flexibility index (Phi) is 7.53. The van der Waals surface area contributed by atoms with Gasteiger partial charge in [0, 0.05) is 0 Å². The molecule has 0 bridgehead atoms. The van der Waals surface area contributed by atoms with Crippen LogP contribution in [-0.2, 0) is 4.79 Å². The Bertz CT molecular complexity index is 742. The van der Waals surface area contributed by atoms with E-state index in [0.717, 1.165) is 17.5 Å². The first-order valence-electron chi connectivity index (χ1n) is 9.27. The first-order chi connectivity index (χ1) is 13.0. The van der Waals surface area contributed by atoms with E-state index in [4.69, 9.17) is 14.2 Å². The van der Waals surface area contributed by atoms with Crippen molar-refractivity contribution < 1.29 is 19.0 Å². The summed E-state index contributed by atoms with van der Waals surface area (Å²) in [5, 5.41) is 3.09. The van der Waals surface area contributed by atoms with Crippen LogP contribution in [0.2, 0.25) is 0 Å². The summed E-state index contributed by atoms with van der Waals surface area (Å²) in [4.78, 5) is 12.8. The molecule has 1 amide bonds. The van der Waals surface area contributed by atoms with Crippen LogP contribution in [-0.4, -0.2) is 26.2 Å². The highest BCUT2D eigenvalue weighted by atomic mass is 16.5. The smallest absolute Gasteiger partial charge is 0.261 e. The summed E-state index contributed by atoms with van der Waals surface area (Å²) in [7, 11) is 3.20. The molecule has 2 aromatic carbocycles. The molecule has 0 fully saturated rings. The number of carbonyl (C=O) groups excluding carboxylic acids is 1. The van der Waals surface area contributed by atoms with E-state index < -0.39 is 6.10 Å². The number of nitrogens with one attached hydrogen (secondary N) is 1. The van der Waals surface area contributed by atoms with Crippen LogP contribution < -0.4 is 19.5 Å². The molecular formula is C22H29NO4. The molecule has 5 heteroatoms. The molecule has 0 heterocycles. The largest absolute Gasteiger partial charge is 0.493 e. The zero-order valence-electron chi connectivity index (χ0n) is 16.7. The molecule has 0 aromatic heterocycles. The summed E-state index contributed by atoms with van der Waals surface area (Å²) >= 11 is 0. The van der Waals surface area contributed by atoms with Crippen LogP contribution in [0.3, 0.4) is 0 Å². The highest BCUT2D eigenvalue weighted by molar-refractivity contribution is 5.81. The van der Waals surface area contributed by atoms with Gasteiger partial charge in [-0.15, -0.1) is 0 Å². The van der Waals surface area contributed by atoms with E-state index in [1.54, 1.807) is 14.2 Å². The van der Waals surface area contributed by atoms with Crippen molar-refractivity contribution in [3.05, 3.63) is 53.6 Å². The van der Waals surface area contributed by atoms with Gasteiger partial charge in [-0.3, -0.25) is 4.79 Å². The van der Waals surface area contributed by atoms with Gasteiger partial charge in [-0.2, -0.15) is 0 Å². The van der Waals surface area contributed by atoms with Crippen molar-refractivity contribution >= 4 is 5.91 Å². The average Bonchev–Trinajstić information content (AvgIpc) is 2.70. The molecule has 0 unspecified atom stereocenters. The molecule has 5 nitrogen and oxygen atoms in total. The average molecular weight is 371 g/mol. The summed E-state index contributed by atoms with van der Waals surface area (Å²) in [5.41, 5.74) is 2.12. The fourth-order valence-electron chi connectivity index (χ4n) is 2.86. The quantitative estimate of drug-likeness (QED) is 0.708. The second kappa shape index (κ2) is 9.86. The fourth-order valence-corrected chi connectivity index (χ4v) is 2.86. The first kappa shape index (κ1) is 20.6. The van der Waals surface area contributed by atoms with Crippen LogP contribution in [0.25, 0.3) is 0 Å². The lowest BCUT2D eigenvalue weighted by atomic mass is 10.0. The summed E-state index contributed by atoms with van der Waals surface area (Å²) in [5.74, 6) is 1.88. The van der Waals surface area contributed by atoms with Gasteiger partial charge in [-0.1, -0.05) is 37.6 Å². The van der Waals surface area contributed by atoms with Crippen molar-refractivity contribution in [2.24, 2.45) is 0 Å². The third-order valence-electron chi connectivity index (χ3n) is 4.50. The minimum absolute atomic E-state index is 0.125. The Morgan fingerprint density at radius 1 is 0.963 bits per heavy atom. The standard InChI is InChI=1S/C22H29NO4/c1-6-18(16-10-13-20(25-4)21(14-16)26-5)23-22(24)19(7-2)27-17-11-8-15(3)9-12-17/h8-14,18-19H,6-7H2,1-5H3,(H,23,24)/t18-,19+/m1/s1. The molecule has 2 rings (SSSR count). The Morgan fingerprint density at radius 3 is 2.19 bits per heavy atom. The molecule has 2 atom stereocenters. The van der Waals surface area contributed by atoms with Crippen LogP contribution in [0.15, 0.2) is 42.5 Å². The summed E-state index contributed by atoms with van der Waals surface area (Å²) < 4.78 is 16.5. The number of hydrogen-bond acceptors (Lipinski definition) is 4. The molecule has 0 saturated heterocycles. The normalized spacial score (nSPS) is 12.8. The lowest BCUT2D eigenvalue weighted by molar-refractivity contribution is -0.128. The van der Waals surface area contributed by atoms with Crippen LogP contribution in [0.4, 0.5) is 0 Å². The van der Waals surface area contributed by atoms with Gasteiger partial charge in [-0.25, -0.2) is 0 Å². The lowest BCUT2D eigenvalue weighted by Gasteiger charge is -2.23. The van der Waals surface area contributed by atoms with E-state index in [-0.39, 0.29) is 11.9 Å². The molecule has 0 aliphatic carbocycles. The summed E-state index contributed by atoms with van der Waals surface area (Å²) in [6.45, 7) is 5.99. The number of carbonyl (C=O) groups is 1. The van der Waals surface area contributed by atoms with Gasteiger partial charge in [0.25, 0.3) is 5.91 Å². The van der Waals surface area contributed by atoms with Gasteiger partial charge < -0.3 is 19.5 Å². The fraction of sp³-hybridized carbons (Fsp3) is 0.409. The van der Waals surface area contributed by atoms with E-state index in [0.29, 0.717) is 23.7 Å². The number of rotatable bonds is 9. The Hall–Kier alpha value is -2.69. The first-order valence-corrected chi connectivity index (χ1v) is 9.27. The molecule has 0 aliphatic heterocycles. The Morgan fingerprint density at radius 2 is 1.63 bits per heavy atom. The molecule has 0 radical (unpaired) electrons. The zero-order valence-corrected chi connectivity index (χ0v) is 16.7. The molecule has 1 N–H and O–H groups in total. The molecule has 0 saturated carbocycles. The van der Waals surface area contributed by atoms with Crippen molar-refractivity contribution in [3.63, 3.8) is 0 Å². The number of hydrogen-bond donors (Lipinski definition) is 1. The minimum Gasteiger partial charge on any atom is -0.493 e. The van der Waals surface area contributed by atoms with Gasteiger partial charge >= 0.3 is 0 Å². The summed E-state index contributed by atoms with van der Waals surface area (Å²) in [6.07, 6.45) is 0.798. The maximum Gasteiger partial charge on any atom is 0.261 e. The number of methoxy groups -OCH3 is 2. The number of benzene rings is 2. The Balaban J connectivity index is 2.11. The molecule has 0 aliphatic rings. The zero-order chi connectivity index (χ0) is 19.8. The molecular weight excluding hydrogens is 342 g/mol. The predicted molar refractivity (Wildman–Crippen MR) is 107 cm³/mol. The third kappa shape index (κ3) is 5.39. The predicted octanol–water partition coefficient (Wildman–Crippen LogP) is 4.44. The van der Waals surface area contributed by atoms with Gasteiger partial charge in [0.05, 0.1) is 20.3 Å². The second-order valence-corrected chi connectivity index (χ2v) is 6.41. The maximum atomic E-state index is 12.8. The van der Waals surface area contributed by atoms with E-state index in [2.05, 4.69) is 5.32 Å². The molecule has 27 heavy (non-hydrogen) atoms. The van der Waals surface area contributed by atoms with Gasteiger partial charge in [0.1, 0.15) is 5.75 Å². The van der Waals surface area contributed by atoms with Crippen LogP contribution in [0.1, 0.15) is 43.9 Å². The van der Waals surface area contributed by atoms with Gasteiger partial charge in [0.2, 0.25) is 0 Å². The topological polar surface area (TPSA) is 56.8 Å². The van der Waals surface area contributed by atoms with Crippen LogP contribution in [0.5, 0.6) is 17.2 Å². The minimum atomic E-state index is -0.540. The van der Waals surface area contributed by atoms with Gasteiger partial charge in [0.15, 0.2) is 17.6 Å². The number of aryl methyl sites for hydroxylation is 1. The third-order valence-corrected chi connectivity index (χ3v) is 4.50. The molecule has 146 valence electrons. The highest BCUT2D eigenvalue weighted by Crippen LogP contribution is 2.31. The highest BCUT2D eigenvalue weighted by Gasteiger charge is 2.22. The van der Waals surface area contributed by atoms with Crippen LogP contribution in [0, 0.1) is 6.92 Å². The molecule has 2 aromatic rings. The van der Waals surface area contributed by atoms with Crippen molar-refractivity contribution in [1.29, 1.82) is 0 Å².